The summed E-state index contributed by atoms with van der Waals surface area (Å²) >= 11 is 0. The Morgan fingerprint density at radius 3 is 0.523 bits per heavy atom. The first-order chi connectivity index (χ1) is 20.8. The van der Waals surface area contributed by atoms with Crippen molar-refractivity contribution in [3.63, 3.8) is 0 Å². The Morgan fingerprint density at radius 1 is 0.227 bits per heavy atom. The summed E-state index contributed by atoms with van der Waals surface area (Å²) < 4.78 is 0. The van der Waals surface area contributed by atoms with Crippen molar-refractivity contribution in [3.05, 3.63) is 10.6 Å². The van der Waals surface area contributed by atoms with Crippen LogP contribution in [0.5, 0.6) is 0 Å². The Kier molecular flexibility index (Phi) is 64.3. The smallest absolute Gasteiger partial charge is 1.00 e. The van der Waals surface area contributed by atoms with Crippen LogP contribution < -0.4 is 12.4 Å². The van der Waals surface area contributed by atoms with Crippen LogP contribution in [0.1, 0.15) is 233 Å². The van der Waals surface area contributed by atoms with Gasteiger partial charge in [-0.25, -0.2) is 0 Å². The predicted octanol–water partition coefficient (Wildman–Crippen LogP) is 12.3. The summed E-state index contributed by atoms with van der Waals surface area (Å²) in [5.74, 6) is 0. The number of halogens is 1. The first-order valence-corrected chi connectivity index (χ1v) is 20.1. The zero-order chi connectivity index (χ0) is 30.9. The van der Waals surface area contributed by atoms with E-state index < -0.39 is 0 Å². The van der Waals surface area contributed by atoms with Crippen molar-refractivity contribution in [2.24, 2.45) is 0 Å². The predicted molar refractivity (Wildman–Crippen MR) is 197 cm³/mol. The second-order valence-electron chi connectivity index (χ2n) is 13.2. The van der Waals surface area contributed by atoms with Gasteiger partial charge in [-0.15, -0.1) is 26.2 Å². The zero-order valence-corrected chi connectivity index (χ0v) is 35.2. The Hall–Kier alpha value is 1.56. The van der Waals surface area contributed by atoms with Crippen molar-refractivity contribution in [3.8, 4) is 0 Å². The molecule has 0 heterocycles. The third-order valence-electron chi connectivity index (χ3n) is 8.68. The van der Waals surface area contributed by atoms with Gasteiger partial charge < -0.3 is 23.0 Å². The minimum absolute atomic E-state index is 0. The topological polar surface area (TPSA) is 28.2 Å². The van der Waals surface area contributed by atoms with Crippen molar-refractivity contribution in [1.29, 1.82) is 0 Å². The Morgan fingerprint density at radius 2 is 0.364 bits per heavy atom. The summed E-state index contributed by atoms with van der Waals surface area (Å²) in [4.78, 5) is 0. The van der Waals surface area contributed by atoms with Gasteiger partial charge in [0.05, 0.1) is 0 Å². The molecule has 1 radical (unpaired) electrons. The van der Waals surface area contributed by atoms with Crippen molar-refractivity contribution in [2.75, 3.05) is 26.2 Å². The van der Waals surface area contributed by atoms with Gasteiger partial charge in [0.15, 0.2) is 0 Å². The molecule has 0 atom stereocenters. The Bertz CT molecular complexity index is 350. The monoisotopic (exact) mass is 770 g/mol. The molecule has 0 aromatic rings. The maximum Gasteiger partial charge on any atom is 3.00 e. The third-order valence-corrected chi connectivity index (χ3v) is 8.68. The van der Waals surface area contributed by atoms with Gasteiger partial charge in [-0.05, 0) is 0 Å². The van der Waals surface area contributed by atoms with Gasteiger partial charge in [0.2, 0.25) is 0 Å². The zero-order valence-electron chi connectivity index (χ0n) is 31.2. The molecular weight excluding hydrogens is 688 g/mol. The van der Waals surface area contributed by atoms with Gasteiger partial charge in [-0.3, -0.25) is 0 Å². The van der Waals surface area contributed by atoms with E-state index in [0.717, 1.165) is 26.2 Å². The molecule has 0 saturated heterocycles. The normalized spacial score (nSPS) is 10.6. The molecule has 0 aromatic heterocycles. The van der Waals surface area contributed by atoms with Crippen LogP contribution in [0.2, 0.25) is 0 Å². The largest absolute Gasteiger partial charge is 3.00 e. The van der Waals surface area contributed by atoms with Crippen LogP contribution in [0.25, 0.3) is 10.6 Å². The fraction of sp³-hybridized carbons (Fsp3) is 1.00. The Labute approximate surface area is 320 Å². The number of hydrogen-bond acceptors (Lipinski definition) is 0. The van der Waals surface area contributed by atoms with E-state index in [9.17, 15) is 0 Å². The fourth-order valence-corrected chi connectivity index (χ4v) is 5.65. The summed E-state index contributed by atoms with van der Waals surface area (Å²) in [6.07, 6.45) is 45.1. The maximum absolute atomic E-state index is 4.67. The van der Waals surface area contributed by atoms with Crippen LogP contribution >= 0.6 is 0 Å². The van der Waals surface area contributed by atoms with E-state index in [-0.39, 0.29) is 53.2 Å². The van der Waals surface area contributed by atoms with Crippen LogP contribution in [0.4, 0.5) is 0 Å². The summed E-state index contributed by atoms with van der Waals surface area (Å²) in [5.41, 5.74) is 0. The molecule has 0 aliphatic carbocycles. The molecule has 0 spiro atoms. The number of unbranched alkanes of at least 4 members (excludes halogenated alkanes) is 28. The molecule has 0 unspecified atom stereocenters. The van der Waals surface area contributed by atoms with E-state index in [1.807, 2.05) is 0 Å². The van der Waals surface area contributed by atoms with Crippen molar-refractivity contribution in [1.82, 2.24) is 0 Å². The molecular formula is C40H84ClN2Nd. The molecule has 265 valence electrons. The number of rotatable bonds is 36. The quantitative estimate of drug-likeness (QED) is 0.0568. The van der Waals surface area contributed by atoms with Crippen LogP contribution in [-0.2, 0) is 0 Å². The summed E-state index contributed by atoms with van der Waals surface area (Å²) in [6, 6.07) is 0. The SMILES string of the molecule is CCCCCCCCCC[N-]CCCCCCCCCC.CCCCCCCCCC[N-]CCCCCCCCCC.[Cl-].[Nd+3]. The number of hydrogen-bond donors (Lipinski definition) is 0. The molecule has 0 rings (SSSR count). The van der Waals surface area contributed by atoms with E-state index in [0.29, 0.717) is 0 Å². The van der Waals surface area contributed by atoms with E-state index >= 15 is 0 Å². The summed E-state index contributed by atoms with van der Waals surface area (Å²) in [6.45, 7) is 13.6. The molecule has 0 aliphatic rings. The maximum atomic E-state index is 4.67. The molecule has 0 N–H and O–H groups in total. The first-order valence-electron chi connectivity index (χ1n) is 20.1. The molecule has 2 nitrogen and oxygen atoms in total. The van der Waals surface area contributed by atoms with Crippen molar-refractivity contribution in [2.45, 2.75) is 233 Å². The summed E-state index contributed by atoms with van der Waals surface area (Å²) in [7, 11) is 0. The van der Waals surface area contributed by atoms with Crippen molar-refractivity contribution < 1.29 is 53.2 Å². The standard InChI is InChI=1S/2C20H42N.ClH.Nd/c2*1-3-5-7-9-11-13-15-17-19-21-20-18-16-14-12-10-8-6-4-2;;/h2*3-20H2,1-2H3;1H;/q2*-1;;+3/p-1. The van der Waals surface area contributed by atoms with Crippen molar-refractivity contribution >= 4 is 0 Å². The van der Waals surface area contributed by atoms with Gasteiger partial charge in [0.25, 0.3) is 0 Å². The van der Waals surface area contributed by atoms with Gasteiger partial charge in [0.1, 0.15) is 0 Å². The second kappa shape index (κ2) is 54.0. The molecule has 44 heavy (non-hydrogen) atoms. The molecule has 0 saturated carbocycles. The second-order valence-corrected chi connectivity index (χ2v) is 13.2. The molecule has 0 fully saturated rings. The minimum atomic E-state index is 0. The van der Waals surface area contributed by atoms with Crippen LogP contribution in [0.15, 0.2) is 0 Å². The summed E-state index contributed by atoms with van der Waals surface area (Å²) in [5, 5.41) is 9.33. The Balaban J connectivity index is -0.000000348. The van der Waals surface area contributed by atoms with Gasteiger partial charge in [-0.1, -0.05) is 233 Å². The van der Waals surface area contributed by atoms with Gasteiger partial charge >= 0.3 is 40.8 Å². The number of nitrogens with zero attached hydrogens (tertiary/aromatic N) is 2. The minimum Gasteiger partial charge on any atom is -1.00 e. The van der Waals surface area contributed by atoms with E-state index in [1.165, 1.54) is 205 Å². The van der Waals surface area contributed by atoms with Crippen LogP contribution in [-0.4, -0.2) is 26.2 Å². The van der Waals surface area contributed by atoms with Crippen LogP contribution in [0.3, 0.4) is 0 Å². The van der Waals surface area contributed by atoms with Crippen LogP contribution in [0, 0.1) is 40.8 Å². The molecule has 0 aromatic carbocycles. The van der Waals surface area contributed by atoms with Gasteiger partial charge in [-0.2, -0.15) is 0 Å². The average molecular weight is 773 g/mol. The molecule has 0 bridgehead atoms. The first kappa shape index (κ1) is 52.4. The van der Waals surface area contributed by atoms with Gasteiger partial charge in [0, 0.05) is 0 Å². The average Bonchev–Trinajstić information content (AvgIpc) is 3.00. The van der Waals surface area contributed by atoms with E-state index in [4.69, 9.17) is 0 Å². The molecule has 0 aliphatic heterocycles. The molecule has 0 amide bonds. The fourth-order valence-electron chi connectivity index (χ4n) is 5.65. The van der Waals surface area contributed by atoms with E-state index in [2.05, 4.69) is 38.3 Å². The molecule has 4 heteroatoms. The third kappa shape index (κ3) is 55.9. The van der Waals surface area contributed by atoms with E-state index in [1.54, 1.807) is 0 Å².